The maximum atomic E-state index is 5.01. The molecule has 0 radical (unpaired) electrons. The minimum Gasteiger partial charge on any atom is -0.214 e. The zero-order valence-electron chi connectivity index (χ0n) is 10.0. The van der Waals surface area contributed by atoms with Crippen LogP contribution in [0.3, 0.4) is 0 Å². The third kappa shape index (κ3) is 4.40. The van der Waals surface area contributed by atoms with Gasteiger partial charge in [-0.25, -0.2) is 20.9 Å². The first-order chi connectivity index (χ1) is 9.02. The van der Waals surface area contributed by atoms with E-state index >= 15 is 0 Å². The molecule has 2 N–H and O–H groups in total. The smallest absolute Gasteiger partial charge is 0.214 e. The molecule has 0 aliphatic carbocycles. The molecule has 2 aromatic heterocycles. The van der Waals surface area contributed by atoms with Gasteiger partial charge in [0.15, 0.2) is 9.40 Å². The van der Waals surface area contributed by atoms with Crippen LogP contribution in [0.4, 0.5) is 11.9 Å². The van der Waals surface area contributed by atoms with Crippen LogP contribution in [0, 0.1) is 17.7 Å². The second kappa shape index (κ2) is 6.26. The number of hydrogen-bond acceptors (Lipinski definition) is 9. The number of nitrogens with one attached hydrogen (secondary N) is 2. The van der Waals surface area contributed by atoms with E-state index in [9.17, 15) is 0 Å². The Morgan fingerprint density at radius 2 is 1.47 bits per heavy atom. The van der Waals surface area contributed by atoms with Crippen molar-refractivity contribution in [3.05, 3.63) is 15.5 Å². The second-order valence-corrected chi connectivity index (χ2v) is 4.83. The number of nitrogens with zero attached hydrogens (tertiary/aromatic N) is 6. The van der Waals surface area contributed by atoms with Gasteiger partial charge in [0.25, 0.3) is 11.9 Å². The summed E-state index contributed by atoms with van der Waals surface area (Å²) in [5.74, 6) is 1.75. The summed E-state index contributed by atoms with van der Waals surface area (Å²) in [7, 11) is 2.39. The van der Waals surface area contributed by atoms with Gasteiger partial charge < -0.3 is 0 Å². The summed E-state index contributed by atoms with van der Waals surface area (Å²) >= 11 is 1.99. The third-order valence-electron chi connectivity index (χ3n) is 1.77. The standard InChI is InChI=1S/C8H10IN8OP/c1-3-10-5(9)14-6(11-3)16-18-17-7-12-4(2)13-8(19)15-7/h19H2,1-2H3,(H,10,11,14,16)(H,12,13,15,17). The largest absolute Gasteiger partial charge is 0.253 e. The number of halogens is 1. The Balaban J connectivity index is 1.96. The van der Waals surface area contributed by atoms with Gasteiger partial charge in [-0.3, -0.25) is 0 Å². The van der Waals surface area contributed by atoms with Crippen LogP contribution in [0.2, 0.25) is 0 Å². The van der Waals surface area contributed by atoms with E-state index in [0.717, 1.165) is 0 Å². The highest BCUT2D eigenvalue weighted by atomic mass is 127. The first kappa shape index (κ1) is 14.2. The molecule has 2 heterocycles. The van der Waals surface area contributed by atoms with Gasteiger partial charge in [-0.15, -0.1) is 0 Å². The van der Waals surface area contributed by atoms with Crippen LogP contribution in [0.25, 0.3) is 0 Å². The molecule has 0 saturated heterocycles. The topological polar surface area (TPSA) is 111 Å². The van der Waals surface area contributed by atoms with Crippen LogP contribution in [-0.2, 0) is 4.94 Å². The molecule has 0 spiro atoms. The molecule has 0 amide bonds. The molecular weight excluding hydrogens is 382 g/mol. The monoisotopic (exact) mass is 392 g/mol. The van der Waals surface area contributed by atoms with Crippen molar-refractivity contribution in [2.24, 2.45) is 0 Å². The van der Waals surface area contributed by atoms with Crippen LogP contribution >= 0.6 is 31.8 Å². The fourth-order valence-corrected chi connectivity index (χ4v) is 2.05. The van der Waals surface area contributed by atoms with E-state index in [-0.39, 0.29) is 5.95 Å². The van der Waals surface area contributed by atoms with Crippen molar-refractivity contribution in [1.29, 1.82) is 0 Å². The lowest BCUT2D eigenvalue weighted by Crippen LogP contribution is -2.17. The highest BCUT2D eigenvalue weighted by Gasteiger charge is 2.03. The van der Waals surface area contributed by atoms with Crippen molar-refractivity contribution < 1.29 is 4.94 Å². The van der Waals surface area contributed by atoms with Crippen molar-refractivity contribution >= 4 is 49.3 Å². The Bertz CT molecular complexity index is 505. The lowest BCUT2D eigenvalue weighted by atomic mass is 10.7. The number of hydrogen-bond donors (Lipinski definition) is 2. The van der Waals surface area contributed by atoms with Crippen LogP contribution in [0.1, 0.15) is 11.6 Å². The van der Waals surface area contributed by atoms with Crippen LogP contribution in [-0.4, -0.2) is 29.9 Å². The molecule has 0 saturated carbocycles. The molecule has 0 aliphatic heterocycles. The number of aromatic nitrogens is 6. The number of rotatable bonds is 4. The third-order valence-corrected chi connectivity index (χ3v) is 2.51. The molecule has 0 fully saturated rings. The van der Waals surface area contributed by atoms with Gasteiger partial charge in [0, 0.05) is 22.6 Å². The van der Waals surface area contributed by atoms with Crippen molar-refractivity contribution in [1.82, 2.24) is 29.9 Å². The van der Waals surface area contributed by atoms with Crippen molar-refractivity contribution in [2.45, 2.75) is 13.8 Å². The van der Waals surface area contributed by atoms with Crippen LogP contribution in [0.15, 0.2) is 0 Å². The highest BCUT2D eigenvalue weighted by molar-refractivity contribution is 14.1. The molecular formula is C8H10IN8OP. The van der Waals surface area contributed by atoms with E-state index in [1.807, 2.05) is 22.6 Å². The maximum absolute atomic E-state index is 5.01. The van der Waals surface area contributed by atoms with Crippen molar-refractivity contribution in [3.63, 3.8) is 0 Å². The second-order valence-electron chi connectivity index (χ2n) is 3.35. The summed E-state index contributed by atoms with van der Waals surface area (Å²) in [6, 6.07) is 0. The zero-order chi connectivity index (χ0) is 13.8. The molecule has 0 bridgehead atoms. The Kier molecular flexibility index (Phi) is 4.66. The van der Waals surface area contributed by atoms with Gasteiger partial charge in [-0.1, -0.05) is 9.24 Å². The van der Waals surface area contributed by atoms with E-state index in [1.54, 1.807) is 13.8 Å². The first-order valence-electron chi connectivity index (χ1n) is 5.07. The maximum Gasteiger partial charge on any atom is 0.253 e. The first-order valence-corrected chi connectivity index (χ1v) is 6.73. The number of anilines is 2. The predicted molar refractivity (Wildman–Crippen MR) is 79.5 cm³/mol. The fourth-order valence-electron chi connectivity index (χ4n) is 1.16. The van der Waals surface area contributed by atoms with Gasteiger partial charge in [0.05, 0.1) is 0 Å². The van der Waals surface area contributed by atoms with Crippen molar-refractivity contribution in [2.75, 3.05) is 11.0 Å². The van der Waals surface area contributed by atoms with Crippen LogP contribution < -0.4 is 16.5 Å². The Labute approximate surface area is 124 Å². The average Bonchev–Trinajstić information content (AvgIpc) is 2.26. The van der Waals surface area contributed by atoms with E-state index in [0.29, 0.717) is 27.0 Å². The van der Waals surface area contributed by atoms with Gasteiger partial charge >= 0.3 is 0 Å². The van der Waals surface area contributed by atoms with Gasteiger partial charge in [0.2, 0.25) is 0 Å². The molecule has 11 heteroatoms. The minimum absolute atomic E-state index is 0.283. The zero-order valence-corrected chi connectivity index (χ0v) is 13.4. The lowest BCUT2D eigenvalue weighted by Gasteiger charge is -2.07. The summed E-state index contributed by atoms with van der Waals surface area (Å²) in [4.78, 5) is 29.2. The van der Waals surface area contributed by atoms with E-state index < -0.39 is 0 Å². The Hall–Kier alpha value is -1.26. The molecule has 0 aromatic carbocycles. The normalized spacial score (nSPS) is 10.3. The molecule has 2 rings (SSSR count). The molecule has 0 aliphatic rings. The van der Waals surface area contributed by atoms with Crippen molar-refractivity contribution in [3.8, 4) is 0 Å². The lowest BCUT2D eigenvalue weighted by molar-refractivity contribution is 0.256. The predicted octanol–water partition coefficient (Wildman–Crippen LogP) is 0.149. The fraction of sp³-hybridized carbons (Fsp3) is 0.250. The summed E-state index contributed by atoms with van der Waals surface area (Å²) in [6.45, 7) is 3.52. The van der Waals surface area contributed by atoms with E-state index in [1.165, 1.54) is 0 Å². The van der Waals surface area contributed by atoms with E-state index in [2.05, 4.69) is 50.1 Å². The SMILES string of the molecule is Cc1nc(P)nc(NONc2nc(C)nc(I)n2)n1. The van der Waals surface area contributed by atoms with Gasteiger partial charge in [-0.2, -0.15) is 24.9 Å². The molecule has 9 nitrogen and oxygen atoms in total. The molecule has 2 aromatic rings. The molecule has 100 valence electrons. The quantitative estimate of drug-likeness (QED) is 0.427. The highest BCUT2D eigenvalue weighted by Crippen LogP contribution is 2.03. The molecule has 1 atom stereocenters. The summed E-state index contributed by atoms with van der Waals surface area (Å²) in [5, 5.41) is 0. The minimum atomic E-state index is 0.283. The molecule has 1 unspecified atom stereocenters. The van der Waals surface area contributed by atoms with Gasteiger partial charge in [0.1, 0.15) is 11.6 Å². The Morgan fingerprint density at radius 3 is 2.05 bits per heavy atom. The van der Waals surface area contributed by atoms with Crippen LogP contribution in [0.5, 0.6) is 0 Å². The summed E-state index contributed by atoms with van der Waals surface area (Å²) < 4.78 is 0.569. The molecule has 19 heavy (non-hydrogen) atoms. The van der Waals surface area contributed by atoms with Gasteiger partial charge in [-0.05, 0) is 13.8 Å². The summed E-state index contributed by atoms with van der Waals surface area (Å²) in [6.07, 6.45) is 0. The average molecular weight is 392 g/mol. The summed E-state index contributed by atoms with van der Waals surface area (Å²) in [5.41, 5.74) is 5.57. The van der Waals surface area contributed by atoms with E-state index in [4.69, 9.17) is 4.94 Å². The Morgan fingerprint density at radius 1 is 0.895 bits per heavy atom. The number of aryl methyl sites for hydroxylation is 2.